The van der Waals surface area contributed by atoms with Crippen molar-refractivity contribution in [3.05, 3.63) is 143 Å². The number of nitrogens with zero attached hydrogens (tertiary/aromatic N) is 5. The van der Waals surface area contributed by atoms with Crippen LogP contribution in [0.15, 0.2) is 120 Å². The number of thiazole rings is 1. The van der Waals surface area contributed by atoms with Crippen LogP contribution in [-0.4, -0.2) is 75.6 Å². The van der Waals surface area contributed by atoms with Crippen LogP contribution in [0, 0.1) is 6.92 Å². The van der Waals surface area contributed by atoms with E-state index in [-0.39, 0.29) is 24.3 Å². The molecule has 0 aliphatic heterocycles. The van der Waals surface area contributed by atoms with Crippen molar-refractivity contribution in [2.24, 2.45) is 0 Å². The average Bonchev–Trinajstić information content (AvgIpc) is 3.68. The highest BCUT2D eigenvalue weighted by atomic mass is 32.2. The summed E-state index contributed by atoms with van der Waals surface area (Å²) in [6.07, 6.45) is 5.69. The normalized spacial score (nSPS) is 12.8. The third kappa shape index (κ3) is 8.77. The van der Waals surface area contributed by atoms with Gasteiger partial charge in [-0.15, -0.1) is 11.3 Å². The summed E-state index contributed by atoms with van der Waals surface area (Å²) in [6.45, 7) is 1.21. The molecular formula is C39H39N7O6S2. The molecule has 0 aliphatic carbocycles. The summed E-state index contributed by atoms with van der Waals surface area (Å²) >= 11 is 1.34. The van der Waals surface area contributed by atoms with Gasteiger partial charge in [-0.25, -0.2) is 28.2 Å². The third-order valence-electron chi connectivity index (χ3n) is 9.17. The summed E-state index contributed by atoms with van der Waals surface area (Å²) in [6, 6.07) is 23.3. The first-order valence-electron chi connectivity index (χ1n) is 17.1. The third-order valence-corrected chi connectivity index (χ3v) is 11.9. The van der Waals surface area contributed by atoms with Gasteiger partial charge in [-0.1, -0.05) is 60.7 Å². The maximum atomic E-state index is 14.4. The number of methoxy groups -OCH3 is 1. The van der Waals surface area contributed by atoms with Crippen LogP contribution in [0.5, 0.6) is 0 Å². The summed E-state index contributed by atoms with van der Waals surface area (Å²) in [7, 11) is -2.92. The van der Waals surface area contributed by atoms with E-state index in [2.05, 4.69) is 30.6 Å². The van der Waals surface area contributed by atoms with Crippen molar-refractivity contribution < 1.29 is 27.9 Å². The molecule has 3 aromatic heterocycles. The number of aromatic nitrogens is 4. The van der Waals surface area contributed by atoms with Crippen LogP contribution < -0.4 is 10.6 Å². The first kappa shape index (κ1) is 38.1. The number of pyridine rings is 1. The predicted octanol–water partition coefficient (Wildman–Crippen LogP) is 5.47. The van der Waals surface area contributed by atoms with E-state index in [4.69, 9.17) is 4.74 Å². The van der Waals surface area contributed by atoms with Crippen molar-refractivity contribution in [3.8, 4) is 0 Å². The molecule has 0 aliphatic rings. The second-order valence-electron chi connectivity index (χ2n) is 12.5. The van der Waals surface area contributed by atoms with E-state index in [0.717, 1.165) is 15.8 Å². The van der Waals surface area contributed by atoms with Crippen LogP contribution in [0.4, 0.5) is 10.5 Å². The lowest BCUT2D eigenvalue weighted by Gasteiger charge is -2.30. The van der Waals surface area contributed by atoms with Gasteiger partial charge in [0.15, 0.2) is 0 Å². The zero-order valence-electron chi connectivity index (χ0n) is 29.6. The molecule has 15 heteroatoms. The molecule has 0 bridgehead atoms. The molecular weight excluding hydrogens is 727 g/mol. The summed E-state index contributed by atoms with van der Waals surface area (Å²) in [5, 5.41) is 16.5. The van der Waals surface area contributed by atoms with Crippen LogP contribution in [0.2, 0.25) is 0 Å². The highest BCUT2D eigenvalue weighted by Gasteiger charge is 2.35. The second kappa shape index (κ2) is 17.5. The molecule has 0 unspecified atom stereocenters. The van der Waals surface area contributed by atoms with E-state index in [1.165, 1.54) is 41.3 Å². The van der Waals surface area contributed by atoms with Gasteiger partial charge in [0.2, 0.25) is 15.9 Å². The molecule has 0 radical (unpaired) electrons. The summed E-state index contributed by atoms with van der Waals surface area (Å²) in [5.74, 6) is -1.10. The second-order valence-corrected chi connectivity index (χ2v) is 15.3. The Morgan fingerprint density at radius 2 is 1.65 bits per heavy atom. The number of carbonyl (C=O) groups is 2. The summed E-state index contributed by atoms with van der Waals surface area (Å²) in [5.41, 5.74) is 6.15. The standard InChI is InChI=1S/C39H39N7O6S2/c1-26-30(20-41-24-42-26)22-46(54(50,51)32-15-16-33-35(19-32)53-25-43-33)31(23-47)14-13-27-17-18-40-21-34(27)44-38(48)37(45-39(49)52-2)36(28-9-5-3-6-10-28)29-11-7-4-8-12-29/h3-12,15-21,24-25,31,36-37,47H,13-14,22-23H2,1-2H3,(H,44,48)(H,45,49)/t31-,37-/m0/s1. The number of fused-ring (bicyclic) bond motifs is 1. The number of amides is 2. The van der Waals surface area contributed by atoms with E-state index in [1.54, 1.807) is 43.0 Å². The van der Waals surface area contributed by atoms with Gasteiger partial charge < -0.3 is 20.5 Å². The Bertz CT molecular complexity index is 2270. The van der Waals surface area contributed by atoms with Crippen molar-refractivity contribution in [1.82, 2.24) is 29.6 Å². The minimum atomic E-state index is -4.16. The van der Waals surface area contributed by atoms with Crippen LogP contribution in [-0.2, 0) is 32.5 Å². The van der Waals surface area contributed by atoms with Gasteiger partial charge in [0, 0.05) is 42.2 Å². The number of benzene rings is 3. The van der Waals surface area contributed by atoms with Gasteiger partial charge in [-0.3, -0.25) is 9.78 Å². The number of hydrogen-bond acceptors (Lipinski definition) is 11. The van der Waals surface area contributed by atoms with Gasteiger partial charge in [0.25, 0.3) is 0 Å². The molecule has 6 rings (SSSR count). The SMILES string of the molecule is COC(=O)N[C@H](C(=O)Nc1cnccc1CC[C@@H](CO)N(Cc1cncnc1C)S(=O)(=O)c1ccc2ncsc2c1)C(c1ccccc1)c1ccccc1. The fraction of sp³-hybridized carbons (Fsp3) is 0.231. The smallest absolute Gasteiger partial charge is 0.407 e. The van der Waals surface area contributed by atoms with Crippen LogP contribution >= 0.6 is 11.3 Å². The largest absolute Gasteiger partial charge is 0.453 e. The molecule has 3 heterocycles. The predicted molar refractivity (Wildman–Crippen MR) is 205 cm³/mol. The minimum absolute atomic E-state index is 0.0691. The highest BCUT2D eigenvalue weighted by Crippen LogP contribution is 2.31. The molecule has 2 atom stereocenters. The van der Waals surface area contributed by atoms with Crippen LogP contribution in [0.3, 0.4) is 0 Å². The van der Waals surface area contributed by atoms with Gasteiger partial charge in [0.1, 0.15) is 12.4 Å². The van der Waals surface area contributed by atoms with E-state index in [9.17, 15) is 23.1 Å². The number of aliphatic hydroxyl groups is 1. The summed E-state index contributed by atoms with van der Waals surface area (Å²) < 4.78 is 35.7. The maximum absolute atomic E-state index is 14.4. The molecule has 0 spiro atoms. The number of rotatable bonds is 15. The number of anilines is 1. The molecule has 54 heavy (non-hydrogen) atoms. The summed E-state index contributed by atoms with van der Waals surface area (Å²) in [4.78, 5) is 43.8. The molecule has 0 fully saturated rings. The van der Waals surface area contributed by atoms with Crippen LogP contribution in [0.25, 0.3) is 10.2 Å². The number of aryl methyl sites for hydroxylation is 2. The number of aliphatic hydroxyl groups excluding tert-OH is 1. The Morgan fingerprint density at radius 3 is 2.31 bits per heavy atom. The topological polar surface area (TPSA) is 177 Å². The number of carbonyl (C=O) groups excluding carboxylic acids is 2. The Labute approximate surface area is 317 Å². The van der Waals surface area contributed by atoms with Gasteiger partial charge in [-0.2, -0.15) is 4.31 Å². The number of sulfonamides is 1. The zero-order chi connectivity index (χ0) is 38.1. The van der Waals surface area contributed by atoms with Crippen molar-refractivity contribution in [3.63, 3.8) is 0 Å². The quantitative estimate of drug-likeness (QED) is 0.122. The van der Waals surface area contributed by atoms with E-state index in [1.807, 2.05) is 60.7 Å². The Kier molecular flexibility index (Phi) is 12.3. The Hall–Kier alpha value is -5.61. The van der Waals surface area contributed by atoms with E-state index < -0.39 is 46.6 Å². The molecule has 3 aromatic carbocycles. The van der Waals surface area contributed by atoms with E-state index >= 15 is 0 Å². The Balaban J connectivity index is 1.29. The Morgan fingerprint density at radius 1 is 0.926 bits per heavy atom. The monoisotopic (exact) mass is 765 g/mol. The fourth-order valence-corrected chi connectivity index (χ4v) is 8.72. The van der Waals surface area contributed by atoms with Crippen molar-refractivity contribution >= 4 is 49.3 Å². The maximum Gasteiger partial charge on any atom is 0.407 e. The van der Waals surface area contributed by atoms with Crippen LogP contribution in [0.1, 0.15) is 40.3 Å². The van der Waals surface area contributed by atoms with Crippen molar-refractivity contribution in [1.29, 1.82) is 0 Å². The minimum Gasteiger partial charge on any atom is -0.453 e. The molecule has 3 N–H and O–H groups in total. The lowest BCUT2D eigenvalue weighted by Crippen LogP contribution is -2.48. The molecule has 0 saturated carbocycles. The molecule has 0 saturated heterocycles. The lowest BCUT2D eigenvalue weighted by molar-refractivity contribution is -0.118. The first-order valence-corrected chi connectivity index (χ1v) is 19.4. The number of hydrogen-bond donors (Lipinski definition) is 3. The number of alkyl carbamates (subject to hydrolysis) is 1. The average molecular weight is 766 g/mol. The number of ether oxygens (including phenoxy) is 1. The fourth-order valence-electron chi connectivity index (χ4n) is 6.28. The van der Waals surface area contributed by atoms with Crippen molar-refractivity contribution in [2.45, 2.75) is 49.2 Å². The highest BCUT2D eigenvalue weighted by molar-refractivity contribution is 7.89. The molecule has 6 aromatic rings. The van der Waals surface area contributed by atoms with Gasteiger partial charge >= 0.3 is 6.09 Å². The number of nitrogens with one attached hydrogen (secondary N) is 2. The molecule has 13 nitrogen and oxygen atoms in total. The van der Waals surface area contributed by atoms with Gasteiger partial charge in [0.05, 0.1) is 46.2 Å². The first-order chi connectivity index (χ1) is 26.2. The molecule has 278 valence electrons. The zero-order valence-corrected chi connectivity index (χ0v) is 31.2. The van der Waals surface area contributed by atoms with Crippen molar-refractivity contribution in [2.75, 3.05) is 19.0 Å². The van der Waals surface area contributed by atoms with Gasteiger partial charge in [-0.05, 0) is 60.7 Å². The molecule has 2 amide bonds. The van der Waals surface area contributed by atoms with E-state index in [0.29, 0.717) is 28.0 Å². The lowest BCUT2D eigenvalue weighted by atomic mass is 9.84.